The van der Waals surface area contributed by atoms with Gasteiger partial charge in [0.05, 0.1) is 7.11 Å². The molecule has 7 heteroatoms. The van der Waals surface area contributed by atoms with Gasteiger partial charge in [-0.3, -0.25) is 4.79 Å². The maximum absolute atomic E-state index is 12.5. The molecule has 6 nitrogen and oxygen atoms in total. The molecule has 1 N–H and O–H groups in total. The molecular formula is C19H24N2O4S. The topological polar surface area (TPSA) is 75.7 Å². The highest BCUT2D eigenvalue weighted by Crippen LogP contribution is 2.27. The SMILES string of the molecule is COc1ccc(C(=O)Nc2ccc(C(C)C)cc2)cc1S(=O)(=O)N(C)C. The summed E-state index contributed by atoms with van der Waals surface area (Å²) in [6.45, 7) is 4.19. The van der Waals surface area contributed by atoms with E-state index in [0.717, 1.165) is 4.31 Å². The van der Waals surface area contributed by atoms with Gasteiger partial charge in [-0.15, -0.1) is 0 Å². The molecule has 0 atom stereocenters. The van der Waals surface area contributed by atoms with E-state index >= 15 is 0 Å². The molecule has 0 aliphatic heterocycles. The largest absolute Gasteiger partial charge is 0.495 e. The molecule has 0 bridgehead atoms. The average Bonchev–Trinajstić information content (AvgIpc) is 2.61. The summed E-state index contributed by atoms with van der Waals surface area (Å²) in [5.74, 6) is 0.205. The first-order valence-electron chi connectivity index (χ1n) is 8.18. The summed E-state index contributed by atoms with van der Waals surface area (Å²) >= 11 is 0. The van der Waals surface area contributed by atoms with Crippen LogP contribution in [0.15, 0.2) is 47.4 Å². The molecular weight excluding hydrogens is 352 g/mol. The Kier molecular flexibility index (Phi) is 6.05. The molecule has 0 heterocycles. The summed E-state index contributed by atoms with van der Waals surface area (Å²) in [5, 5.41) is 2.78. The second-order valence-electron chi connectivity index (χ2n) is 6.38. The van der Waals surface area contributed by atoms with Crippen molar-refractivity contribution in [2.45, 2.75) is 24.7 Å². The fourth-order valence-corrected chi connectivity index (χ4v) is 3.45. The van der Waals surface area contributed by atoms with Crippen LogP contribution >= 0.6 is 0 Å². The quantitative estimate of drug-likeness (QED) is 0.839. The smallest absolute Gasteiger partial charge is 0.255 e. The molecule has 0 fully saturated rings. The second kappa shape index (κ2) is 7.88. The van der Waals surface area contributed by atoms with Gasteiger partial charge in [0.15, 0.2) is 0 Å². The molecule has 0 radical (unpaired) electrons. The van der Waals surface area contributed by atoms with Gasteiger partial charge in [-0.1, -0.05) is 26.0 Å². The third-order valence-corrected chi connectivity index (χ3v) is 5.86. The maximum atomic E-state index is 12.5. The van der Waals surface area contributed by atoms with Gasteiger partial charge in [-0.2, -0.15) is 0 Å². The highest BCUT2D eigenvalue weighted by atomic mass is 32.2. The Balaban J connectivity index is 2.32. The standard InChI is InChI=1S/C19H24N2O4S/c1-13(2)14-6-9-16(10-7-14)20-19(22)15-8-11-17(25-5)18(12-15)26(23,24)21(3)4/h6-13H,1-5H3,(H,20,22). The van der Waals surface area contributed by atoms with Crippen LogP contribution in [0.4, 0.5) is 5.69 Å². The molecule has 2 rings (SSSR count). The van der Waals surface area contributed by atoms with Crippen LogP contribution < -0.4 is 10.1 Å². The minimum Gasteiger partial charge on any atom is -0.495 e. The molecule has 0 saturated carbocycles. The zero-order valence-electron chi connectivity index (χ0n) is 15.6. The number of ether oxygens (including phenoxy) is 1. The first-order valence-corrected chi connectivity index (χ1v) is 9.62. The number of benzene rings is 2. The average molecular weight is 376 g/mol. The molecule has 0 aliphatic carbocycles. The van der Waals surface area contributed by atoms with E-state index in [0.29, 0.717) is 11.6 Å². The lowest BCUT2D eigenvalue weighted by atomic mass is 10.0. The monoisotopic (exact) mass is 376 g/mol. The normalized spacial score (nSPS) is 11.7. The minimum atomic E-state index is -3.74. The Morgan fingerprint density at radius 2 is 1.69 bits per heavy atom. The third kappa shape index (κ3) is 4.23. The molecule has 0 saturated heterocycles. The van der Waals surface area contributed by atoms with Gasteiger partial charge < -0.3 is 10.1 Å². The Labute approximate surface area is 154 Å². The van der Waals surface area contributed by atoms with Crippen molar-refractivity contribution in [1.82, 2.24) is 4.31 Å². The number of carbonyl (C=O) groups excluding carboxylic acids is 1. The van der Waals surface area contributed by atoms with Crippen LogP contribution in [-0.4, -0.2) is 39.8 Å². The number of nitrogens with zero attached hydrogens (tertiary/aromatic N) is 1. The third-order valence-electron chi connectivity index (χ3n) is 4.02. The number of anilines is 1. The predicted octanol–water partition coefficient (Wildman–Crippen LogP) is 3.32. The highest BCUT2D eigenvalue weighted by Gasteiger charge is 2.24. The van der Waals surface area contributed by atoms with Gasteiger partial charge >= 0.3 is 0 Å². The first kappa shape index (κ1) is 19.9. The van der Waals surface area contributed by atoms with Crippen LogP contribution in [0.5, 0.6) is 5.75 Å². The summed E-state index contributed by atoms with van der Waals surface area (Å²) in [4.78, 5) is 12.5. The summed E-state index contributed by atoms with van der Waals surface area (Å²) in [6.07, 6.45) is 0. The van der Waals surface area contributed by atoms with Crippen molar-refractivity contribution >= 4 is 21.6 Å². The number of nitrogens with one attached hydrogen (secondary N) is 1. The number of rotatable bonds is 6. The Morgan fingerprint density at radius 1 is 1.08 bits per heavy atom. The van der Waals surface area contributed by atoms with Gasteiger partial charge in [0, 0.05) is 25.3 Å². The number of sulfonamides is 1. The summed E-state index contributed by atoms with van der Waals surface area (Å²) < 4.78 is 31.1. The van der Waals surface area contributed by atoms with Crippen molar-refractivity contribution in [3.8, 4) is 5.75 Å². The zero-order chi connectivity index (χ0) is 19.5. The molecule has 0 spiro atoms. The lowest BCUT2D eigenvalue weighted by Gasteiger charge is -2.15. The van der Waals surface area contributed by atoms with Gasteiger partial charge in [-0.05, 0) is 41.8 Å². The van der Waals surface area contributed by atoms with Crippen LogP contribution in [0.1, 0.15) is 35.7 Å². The van der Waals surface area contributed by atoms with E-state index in [1.54, 1.807) is 0 Å². The summed E-state index contributed by atoms with van der Waals surface area (Å²) in [5.41, 5.74) is 2.05. The van der Waals surface area contributed by atoms with E-state index in [1.807, 2.05) is 24.3 Å². The molecule has 0 unspecified atom stereocenters. The molecule has 0 aliphatic rings. The van der Waals surface area contributed by atoms with Gasteiger partial charge in [0.1, 0.15) is 10.6 Å². The lowest BCUT2D eigenvalue weighted by molar-refractivity contribution is 0.102. The van der Waals surface area contributed by atoms with E-state index in [2.05, 4.69) is 19.2 Å². The van der Waals surface area contributed by atoms with Crippen molar-refractivity contribution in [2.24, 2.45) is 0 Å². The van der Waals surface area contributed by atoms with Crippen LogP contribution in [-0.2, 0) is 10.0 Å². The predicted molar refractivity (Wildman–Crippen MR) is 102 cm³/mol. The van der Waals surface area contributed by atoms with E-state index < -0.39 is 10.0 Å². The number of amides is 1. The molecule has 1 amide bonds. The molecule has 2 aromatic carbocycles. The van der Waals surface area contributed by atoms with Gasteiger partial charge in [-0.25, -0.2) is 12.7 Å². The minimum absolute atomic E-state index is 0.0483. The fourth-order valence-electron chi connectivity index (χ4n) is 2.37. The molecule has 26 heavy (non-hydrogen) atoms. The van der Waals surface area contributed by atoms with Gasteiger partial charge in [0.25, 0.3) is 5.91 Å². The van der Waals surface area contributed by atoms with Crippen LogP contribution in [0.25, 0.3) is 0 Å². The van der Waals surface area contributed by atoms with Crippen molar-refractivity contribution in [2.75, 3.05) is 26.5 Å². The van der Waals surface area contributed by atoms with Crippen molar-refractivity contribution in [3.05, 3.63) is 53.6 Å². The number of hydrogen-bond donors (Lipinski definition) is 1. The summed E-state index contributed by atoms with van der Waals surface area (Å²) in [7, 11) is 0.510. The lowest BCUT2D eigenvalue weighted by Crippen LogP contribution is -2.23. The highest BCUT2D eigenvalue weighted by molar-refractivity contribution is 7.89. The van der Waals surface area contributed by atoms with Gasteiger partial charge in [0.2, 0.25) is 10.0 Å². The number of hydrogen-bond acceptors (Lipinski definition) is 4. The Bertz CT molecular complexity index is 888. The van der Waals surface area contributed by atoms with Crippen molar-refractivity contribution < 1.29 is 17.9 Å². The van der Waals surface area contributed by atoms with E-state index in [4.69, 9.17) is 4.74 Å². The number of carbonyl (C=O) groups is 1. The Hall–Kier alpha value is -2.38. The summed E-state index contributed by atoms with van der Waals surface area (Å²) in [6, 6.07) is 11.9. The second-order valence-corrected chi connectivity index (χ2v) is 8.50. The molecule has 0 aromatic heterocycles. The fraction of sp³-hybridized carbons (Fsp3) is 0.316. The van der Waals surface area contributed by atoms with E-state index in [-0.39, 0.29) is 22.1 Å². The van der Waals surface area contributed by atoms with Crippen LogP contribution in [0.3, 0.4) is 0 Å². The number of methoxy groups -OCH3 is 1. The van der Waals surface area contributed by atoms with E-state index in [9.17, 15) is 13.2 Å². The maximum Gasteiger partial charge on any atom is 0.255 e. The first-order chi connectivity index (χ1) is 12.2. The van der Waals surface area contributed by atoms with Crippen LogP contribution in [0.2, 0.25) is 0 Å². The van der Waals surface area contributed by atoms with Crippen LogP contribution in [0, 0.1) is 0 Å². The molecule has 140 valence electrons. The van der Waals surface area contributed by atoms with Crippen molar-refractivity contribution in [3.63, 3.8) is 0 Å². The molecule has 2 aromatic rings. The Morgan fingerprint density at radius 3 is 2.19 bits per heavy atom. The zero-order valence-corrected chi connectivity index (χ0v) is 16.4. The van der Waals surface area contributed by atoms with E-state index in [1.165, 1.54) is 45.0 Å². The van der Waals surface area contributed by atoms with Crippen molar-refractivity contribution in [1.29, 1.82) is 0 Å².